The summed E-state index contributed by atoms with van der Waals surface area (Å²) in [4.78, 5) is 37.8. The smallest absolute Gasteiger partial charge is 0.301 e. The maximum Gasteiger partial charge on any atom is 0.301 e. The molecule has 0 saturated heterocycles. The third kappa shape index (κ3) is 4.52. The van der Waals surface area contributed by atoms with E-state index in [1.54, 1.807) is 22.9 Å². The van der Waals surface area contributed by atoms with E-state index in [0.29, 0.717) is 29.2 Å². The molecule has 3 aromatic heterocycles. The number of pyridine rings is 1. The van der Waals surface area contributed by atoms with Crippen molar-refractivity contribution in [2.75, 3.05) is 11.1 Å². The van der Waals surface area contributed by atoms with Crippen LogP contribution in [0.25, 0.3) is 11.0 Å². The van der Waals surface area contributed by atoms with Crippen LogP contribution in [0.1, 0.15) is 5.56 Å². The van der Waals surface area contributed by atoms with Gasteiger partial charge in [0.05, 0.1) is 17.5 Å². The minimum atomic E-state index is -0.299. The lowest BCUT2D eigenvalue weighted by atomic mass is 10.1. The second kappa shape index (κ2) is 8.70. The zero-order valence-corrected chi connectivity index (χ0v) is 16.1. The Morgan fingerprint density at radius 3 is 2.76 bits per heavy atom. The van der Waals surface area contributed by atoms with Crippen molar-refractivity contribution in [1.82, 2.24) is 19.5 Å². The monoisotopic (exact) mass is 407 g/mol. The number of hydrogen-bond acceptors (Lipinski definition) is 7. The van der Waals surface area contributed by atoms with Crippen molar-refractivity contribution in [3.05, 3.63) is 77.0 Å². The Kier molecular flexibility index (Phi) is 5.66. The fraction of sp³-hybridized carbons (Fsp3) is 0.150. The van der Waals surface area contributed by atoms with Crippen LogP contribution in [-0.4, -0.2) is 31.2 Å². The van der Waals surface area contributed by atoms with E-state index < -0.39 is 0 Å². The Morgan fingerprint density at radius 2 is 1.97 bits per heavy atom. The summed E-state index contributed by atoms with van der Waals surface area (Å²) in [6.45, 7) is 0.437. The highest BCUT2D eigenvalue weighted by Gasteiger charge is 2.15. The fourth-order valence-corrected chi connectivity index (χ4v) is 3.62. The Balaban J connectivity index is 1.58. The largest absolute Gasteiger partial charge is 0.432 e. The molecule has 0 radical (unpaired) electrons. The number of thioether (sulfide) groups is 1. The molecule has 146 valence electrons. The first-order valence-electron chi connectivity index (χ1n) is 8.92. The lowest BCUT2D eigenvalue weighted by Gasteiger charge is -2.12. The van der Waals surface area contributed by atoms with Gasteiger partial charge in [-0.3, -0.25) is 19.5 Å². The zero-order chi connectivity index (χ0) is 20.1. The Morgan fingerprint density at radius 1 is 1.10 bits per heavy atom. The molecular weight excluding hydrogens is 390 g/mol. The maximum atomic E-state index is 13.0. The van der Waals surface area contributed by atoms with Crippen LogP contribution >= 0.6 is 11.8 Å². The van der Waals surface area contributed by atoms with Crippen LogP contribution in [0.4, 0.5) is 6.01 Å². The number of aryl methyl sites for hydroxylation is 1. The number of carbonyl (C=O) groups is 1. The first-order chi connectivity index (χ1) is 14.2. The van der Waals surface area contributed by atoms with Gasteiger partial charge >= 0.3 is 6.01 Å². The van der Waals surface area contributed by atoms with Gasteiger partial charge in [-0.15, -0.1) is 0 Å². The van der Waals surface area contributed by atoms with E-state index in [1.807, 2.05) is 30.3 Å². The number of rotatable bonds is 7. The fourth-order valence-electron chi connectivity index (χ4n) is 2.79. The van der Waals surface area contributed by atoms with Crippen LogP contribution in [0.2, 0.25) is 0 Å². The minimum absolute atomic E-state index is 0.0614. The Bertz CT molecular complexity index is 1180. The zero-order valence-electron chi connectivity index (χ0n) is 15.3. The third-order valence-electron chi connectivity index (χ3n) is 4.16. The van der Waals surface area contributed by atoms with Gasteiger partial charge in [0.1, 0.15) is 6.26 Å². The number of nitrogens with zero attached hydrogens (tertiary/aromatic N) is 4. The van der Waals surface area contributed by atoms with Gasteiger partial charge in [0.15, 0.2) is 10.7 Å². The molecule has 0 unspecified atom stereocenters. The molecule has 0 saturated carbocycles. The first-order valence-corrected chi connectivity index (χ1v) is 9.91. The molecular formula is C20H17N5O3S. The molecule has 4 rings (SSSR count). The molecule has 8 nitrogen and oxygen atoms in total. The number of amides is 1. The van der Waals surface area contributed by atoms with Crippen molar-refractivity contribution < 1.29 is 9.21 Å². The molecule has 1 N–H and O–H groups in total. The van der Waals surface area contributed by atoms with Gasteiger partial charge in [-0.05, 0) is 24.1 Å². The normalized spacial score (nSPS) is 10.9. The van der Waals surface area contributed by atoms with Crippen LogP contribution in [0, 0.1) is 0 Å². The predicted octanol–water partition coefficient (Wildman–Crippen LogP) is 2.75. The molecule has 0 fully saturated rings. The van der Waals surface area contributed by atoms with E-state index in [2.05, 4.69) is 20.3 Å². The van der Waals surface area contributed by atoms with Crippen LogP contribution in [-0.2, 0) is 17.8 Å². The first kappa shape index (κ1) is 18.9. The number of fused-ring (bicyclic) bond motifs is 1. The van der Waals surface area contributed by atoms with Gasteiger partial charge in [0, 0.05) is 12.7 Å². The van der Waals surface area contributed by atoms with Crippen LogP contribution < -0.4 is 10.9 Å². The van der Waals surface area contributed by atoms with E-state index in [9.17, 15) is 9.59 Å². The van der Waals surface area contributed by atoms with Gasteiger partial charge in [-0.1, -0.05) is 42.1 Å². The van der Waals surface area contributed by atoms with Crippen molar-refractivity contribution in [2.45, 2.75) is 18.1 Å². The lowest BCUT2D eigenvalue weighted by Crippen LogP contribution is -2.25. The number of nitrogens with one attached hydrogen (secondary N) is 1. The van der Waals surface area contributed by atoms with Crippen LogP contribution in [0.5, 0.6) is 0 Å². The number of hydrogen-bond donors (Lipinski definition) is 1. The summed E-state index contributed by atoms with van der Waals surface area (Å²) in [6.07, 6.45) is 5.06. The van der Waals surface area contributed by atoms with Gasteiger partial charge < -0.3 is 4.42 Å². The average molecular weight is 407 g/mol. The number of carbonyl (C=O) groups excluding carboxylic acids is 1. The van der Waals surface area contributed by atoms with Crippen molar-refractivity contribution in [1.29, 1.82) is 0 Å². The van der Waals surface area contributed by atoms with Crippen molar-refractivity contribution in [2.24, 2.45) is 0 Å². The summed E-state index contributed by atoms with van der Waals surface area (Å²) in [5.74, 6) is -0.237. The SMILES string of the molecule is O=C(CSc1nc2cccnc2c(=O)n1CCc1ccccc1)Nc1ncco1. The van der Waals surface area contributed by atoms with E-state index in [0.717, 1.165) is 5.56 Å². The van der Waals surface area contributed by atoms with Gasteiger partial charge in [0.25, 0.3) is 5.56 Å². The molecule has 1 aromatic carbocycles. The molecule has 0 bridgehead atoms. The second-order valence-electron chi connectivity index (χ2n) is 6.13. The summed E-state index contributed by atoms with van der Waals surface area (Å²) in [5, 5.41) is 3.02. The summed E-state index contributed by atoms with van der Waals surface area (Å²) >= 11 is 1.18. The minimum Gasteiger partial charge on any atom is -0.432 e. The molecule has 0 aliphatic rings. The van der Waals surface area contributed by atoms with Gasteiger partial charge in [-0.25, -0.2) is 15.0 Å². The average Bonchev–Trinajstić information content (AvgIpc) is 3.25. The van der Waals surface area contributed by atoms with E-state index >= 15 is 0 Å². The van der Waals surface area contributed by atoms with Crippen molar-refractivity contribution >= 4 is 34.7 Å². The number of benzene rings is 1. The Labute approximate surface area is 170 Å². The van der Waals surface area contributed by atoms with E-state index in [4.69, 9.17) is 4.42 Å². The molecule has 0 aliphatic carbocycles. The van der Waals surface area contributed by atoms with E-state index in [1.165, 1.54) is 24.2 Å². The summed E-state index contributed by atoms with van der Waals surface area (Å²) < 4.78 is 6.59. The molecule has 0 aliphatic heterocycles. The summed E-state index contributed by atoms with van der Waals surface area (Å²) in [5.41, 5.74) is 1.71. The topological polar surface area (TPSA) is 103 Å². The summed E-state index contributed by atoms with van der Waals surface area (Å²) in [6, 6.07) is 13.5. The second-order valence-corrected chi connectivity index (χ2v) is 7.07. The number of oxazole rings is 1. The van der Waals surface area contributed by atoms with Crippen molar-refractivity contribution in [3.63, 3.8) is 0 Å². The number of aromatic nitrogens is 4. The Hall–Kier alpha value is -3.46. The molecule has 0 spiro atoms. The molecule has 9 heteroatoms. The summed E-state index contributed by atoms with van der Waals surface area (Å²) in [7, 11) is 0. The lowest BCUT2D eigenvalue weighted by molar-refractivity contribution is -0.113. The highest BCUT2D eigenvalue weighted by atomic mass is 32.2. The van der Waals surface area contributed by atoms with E-state index in [-0.39, 0.29) is 23.2 Å². The highest BCUT2D eigenvalue weighted by molar-refractivity contribution is 7.99. The highest BCUT2D eigenvalue weighted by Crippen LogP contribution is 2.18. The van der Waals surface area contributed by atoms with Crippen LogP contribution in [0.15, 0.2) is 75.5 Å². The standard InChI is InChI=1S/C20H17N5O3S/c26-16(24-19-22-10-12-28-19)13-29-20-23-15-7-4-9-21-17(15)18(27)25(20)11-8-14-5-2-1-3-6-14/h1-7,9-10,12H,8,11,13H2,(H,22,24,26). The van der Waals surface area contributed by atoms with Gasteiger partial charge in [-0.2, -0.15) is 0 Å². The number of anilines is 1. The van der Waals surface area contributed by atoms with Crippen LogP contribution in [0.3, 0.4) is 0 Å². The molecule has 1 amide bonds. The molecule has 0 atom stereocenters. The quantitative estimate of drug-likeness (QED) is 0.371. The third-order valence-corrected chi connectivity index (χ3v) is 5.14. The van der Waals surface area contributed by atoms with Crippen molar-refractivity contribution in [3.8, 4) is 0 Å². The predicted molar refractivity (Wildman–Crippen MR) is 110 cm³/mol. The molecule has 4 aromatic rings. The molecule has 29 heavy (non-hydrogen) atoms. The van der Waals surface area contributed by atoms with Gasteiger partial charge in [0.2, 0.25) is 5.91 Å². The maximum absolute atomic E-state index is 13.0. The molecule has 3 heterocycles.